The van der Waals surface area contributed by atoms with Gasteiger partial charge in [0.1, 0.15) is 17.4 Å². The Labute approximate surface area is 82.9 Å². The summed E-state index contributed by atoms with van der Waals surface area (Å²) in [6.07, 6.45) is 0.0555. The minimum Gasteiger partial charge on any atom is -0.298 e. The fourth-order valence-corrected chi connectivity index (χ4v) is 1.19. The van der Waals surface area contributed by atoms with Crippen LogP contribution < -0.4 is 0 Å². The summed E-state index contributed by atoms with van der Waals surface area (Å²) in [6.45, 7) is 0. The van der Waals surface area contributed by atoms with Gasteiger partial charge < -0.3 is 0 Å². The maximum atomic E-state index is 12.6. The van der Waals surface area contributed by atoms with Crippen molar-refractivity contribution in [2.45, 2.75) is 6.42 Å². The van der Waals surface area contributed by atoms with Crippen LogP contribution in [0.3, 0.4) is 0 Å². The van der Waals surface area contributed by atoms with Gasteiger partial charge in [0.25, 0.3) is 0 Å². The van der Waals surface area contributed by atoms with Crippen molar-refractivity contribution in [2.75, 3.05) is 5.33 Å². The van der Waals surface area contributed by atoms with Gasteiger partial charge in [0, 0.05) is 12.5 Å². The van der Waals surface area contributed by atoms with Gasteiger partial charge in [-0.3, -0.25) is 4.79 Å². The van der Waals surface area contributed by atoms with E-state index in [0.717, 1.165) is 18.2 Å². The average Bonchev–Trinajstić information content (AvgIpc) is 2.02. The van der Waals surface area contributed by atoms with E-state index >= 15 is 0 Å². The lowest BCUT2D eigenvalue weighted by Crippen LogP contribution is -2.04. The molecule has 0 aliphatic heterocycles. The van der Waals surface area contributed by atoms with E-state index in [1.807, 2.05) is 0 Å². The molecule has 0 saturated heterocycles. The largest absolute Gasteiger partial charge is 0.298 e. The molecular weight excluding hydrogens is 242 g/mol. The molecule has 0 saturated carbocycles. The molecule has 0 amide bonds. The first-order valence-corrected chi connectivity index (χ1v) is 4.76. The van der Waals surface area contributed by atoms with Gasteiger partial charge in [-0.05, 0) is 17.7 Å². The SMILES string of the molecule is O=C(CBr)Cc1cc(F)cc(F)c1. The smallest absolute Gasteiger partial charge is 0.147 e. The first-order chi connectivity index (χ1) is 6.11. The first-order valence-electron chi connectivity index (χ1n) is 3.64. The number of alkyl halides is 1. The van der Waals surface area contributed by atoms with Crippen molar-refractivity contribution in [3.05, 3.63) is 35.4 Å². The summed E-state index contributed by atoms with van der Waals surface area (Å²) in [7, 11) is 0. The van der Waals surface area contributed by atoms with Crippen LogP contribution in [0, 0.1) is 11.6 Å². The Bertz CT molecular complexity index is 305. The second-order valence-corrected chi connectivity index (χ2v) is 3.19. The van der Waals surface area contributed by atoms with Crippen LogP contribution in [0.2, 0.25) is 0 Å². The fourth-order valence-electron chi connectivity index (χ4n) is 0.988. The molecule has 0 spiro atoms. The summed E-state index contributed by atoms with van der Waals surface area (Å²) in [6, 6.07) is 3.09. The number of hydrogen-bond donors (Lipinski definition) is 0. The molecule has 0 heterocycles. The third-order valence-corrected chi connectivity index (χ3v) is 2.10. The molecule has 0 aromatic heterocycles. The van der Waals surface area contributed by atoms with Gasteiger partial charge in [-0.15, -0.1) is 0 Å². The van der Waals surface area contributed by atoms with E-state index in [1.54, 1.807) is 0 Å². The predicted molar refractivity (Wildman–Crippen MR) is 48.9 cm³/mol. The molecule has 1 aromatic carbocycles. The fraction of sp³-hybridized carbons (Fsp3) is 0.222. The molecule has 13 heavy (non-hydrogen) atoms. The number of carbonyl (C=O) groups is 1. The van der Waals surface area contributed by atoms with Gasteiger partial charge >= 0.3 is 0 Å². The van der Waals surface area contributed by atoms with Gasteiger partial charge in [-0.25, -0.2) is 8.78 Å². The maximum absolute atomic E-state index is 12.6. The molecule has 0 N–H and O–H groups in total. The summed E-state index contributed by atoms with van der Waals surface area (Å²) in [4.78, 5) is 10.9. The van der Waals surface area contributed by atoms with Crippen molar-refractivity contribution in [3.8, 4) is 0 Å². The molecule has 1 aromatic rings. The number of hydrogen-bond acceptors (Lipinski definition) is 1. The highest BCUT2D eigenvalue weighted by molar-refractivity contribution is 9.09. The van der Waals surface area contributed by atoms with E-state index in [2.05, 4.69) is 15.9 Å². The van der Waals surface area contributed by atoms with E-state index < -0.39 is 11.6 Å². The standard InChI is InChI=1S/C9H7BrF2O/c10-5-9(13)3-6-1-7(11)4-8(12)2-6/h1-2,4H,3,5H2. The zero-order valence-electron chi connectivity index (χ0n) is 6.69. The van der Waals surface area contributed by atoms with Crippen molar-refractivity contribution < 1.29 is 13.6 Å². The Morgan fingerprint density at radius 2 is 1.77 bits per heavy atom. The summed E-state index contributed by atoms with van der Waals surface area (Å²) < 4.78 is 25.2. The Kier molecular flexibility index (Phi) is 3.54. The monoisotopic (exact) mass is 248 g/mol. The molecular formula is C9H7BrF2O. The van der Waals surface area contributed by atoms with Crippen molar-refractivity contribution in [3.63, 3.8) is 0 Å². The molecule has 0 aliphatic carbocycles. The number of carbonyl (C=O) groups excluding carboxylic acids is 1. The highest BCUT2D eigenvalue weighted by atomic mass is 79.9. The van der Waals surface area contributed by atoms with Crippen LogP contribution >= 0.6 is 15.9 Å². The molecule has 4 heteroatoms. The molecule has 0 atom stereocenters. The molecule has 0 bridgehead atoms. The molecule has 1 rings (SSSR count). The van der Waals surface area contributed by atoms with E-state index in [4.69, 9.17) is 0 Å². The lowest BCUT2D eigenvalue weighted by Gasteiger charge is -1.99. The van der Waals surface area contributed by atoms with Gasteiger partial charge in [0.15, 0.2) is 0 Å². The Balaban J connectivity index is 2.83. The average molecular weight is 249 g/mol. The number of benzene rings is 1. The first kappa shape index (κ1) is 10.3. The minimum absolute atomic E-state index is 0.0555. The van der Waals surface area contributed by atoms with E-state index in [0.29, 0.717) is 5.56 Å². The summed E-state index contributed by atoms with van der Waals surface area (Å²) in [5.74, 6) is -1.42. The maximum Gasteiger partial charge on any atom is 0.147 e. The van der Waals surface area contributed by atoms with Gasteiger partial charge in [-0.2, -0.15) is 0 Å². The van der Waals surface area contributed by atoms with Crippen LogP contribution in [0.15, 0.2) is 18.2 Å². The number of Topliss-reactive ketones (excluding diaryl/α,β-unsaturated/α-hetero) is 1. The molecule has 1 nitrogen and oxygen atoms in total. The number of ketones is 1. The van der Waals surface area contributed by atoms with Crippen LogP contribution in [0.1, 0.15) is 5.56 Å². The summed E-state index contributed by atoms with van der Waals surface area (Å²) in [5, 5.41) is 0.200. The van der Waals surface area contributed by atoms with Crippen molar-refractivity contribution >= 4 is 21.7 Å². The van der Waals surface area contributed by atoms with Gasteiger partial charge in [-0.1, -0.05) is 15.9 Å². The molecule has 70 valence electrons. The summed E-state index contributed by atoms with van der Waals surface area (Å²) in [5.41, 5.74) is 0.363. The van der Waals surface area contributed by atoms with Crippen LogP contribution in [0.5, 0.6) is 0 Å². The van der Waals surface area contributed by atoms with Gasteiger partial charge in [0.2, 0.25) is 0 Å². The second-order valence-electron chi connectivity index (χ2n) is 2.63. The quantitative estimate of drug-likeness (QED) is 0.752. The topological polar surface area (TPSA) is 17.1 Å². The lowest BCUT2D eigenvalue weighted by atomic mass is 10.1. The highest BCUT2D eigenvalue weighted by Crippen LogP contribution is 2.09. The Morgan fingerprint density at radius 3 is 2.23 bits per heavy atom. The zero-order valence-corrected chi connectivity index (χ0v) is 8.27. The van der Waals surface area contributed by atoms with Gasteiger partial charge in [0.05, 0.1) is 5.33 Å². The van der Waals surface area contributed by atoms with Crippen molar-refractivity contribution in [1.82, 2.24) is 0 Å². The molecule has 0 aliphatic rings. The van der Waals surface area contributed by atoms with Crippen molar-refractivity contribution in [1.29, 1.82) is 0 Å². The van der Waals surface area contributed by atoms with Crippen LogP contribution in [-0.4, -0.2) is 11.1 Å². The molecule has 0 radical (unpaired) electrons. The van der Waals surface area contributed by atoms with E-state index in [9.17, 15) is 13.6 Å². The number of rotatable bonds is 3. The van der Waals surface area contributed by atoms with E-state index in [-0.39, 0.29) is 17.5 Å². The van der Waals surface area contributed by atoms with Crippen LogP contribution in [0.25, 0.3) is 0 Å². The van der Waals surface area contributed by atoms with Crippen molar-refractivity contribution in [2.24, 2.45) is 0 Å². The Hall–Kier alpha value is -0.770. The van der Waals surface area contributed by atoms with Crippen LogP contribution in [0.4, 0.5) is 8.78 Å². The Morgan fingerprint density at radius 1 is 1.23 bits per heavy atom. The second kappa shape index (κ2) is 4.46. The third-order valence-electron chi connectivity index (χ3n) is 1.47. The lowest BCUT2D eigenvalue weighted by molar-refractivity contribution is -0.115. The zero-order chi connectivity index (χ0) is 9.84. The molecule has 0 fully saturated rings. The minimum atomic E-state index is -0.655. The van der Waals surface area contributed by atoms with E-state index in [1.165, 1.54) is 0 Å². The normalized spacial score (nSPS) is 10.1. The van der Waals surface area contributed by atoms with Crippen LogP contribution in [-0.2, 0) is 11.2 Å². The number of halogens is 3. The highest BCUT2D eigenvalue weighted by Gasteiger charge is 2.04. The molecule has 0 unspecified atom stereocenters. The third kappa shape index (κ3) is 3.22. The summed E-state index contributed by atoms with van der Waals surface area (Å²) >= 11 is 2.97. The predicted octanol–water partition coefficient (Wildman–Crippen LogP) is 2.47.